The SMILES string of the molecule is C[C@@H]1Oc2c(ccc(F)c2F)C(Cl)=N[C@@H]1C. The van der Waals surface area contributed by atoms with E-state index in [4.69, 9.17) is 16.3 Å². The van der Waals surface area contributed by atoms with E-state index in [0.29, 0.717) is 0 Å². The summed E-state index contributed by atoms with van der Waals surface area (Å²) < 4.78 is 31.9. The standard InChI is InChI=1S/C11H10ClF2NO/c1-5-6(2)16-10-7(11(12)15-5)3-4-8(13)9(10)14/h3-6H,1-2H3/t5-,6+/m1/s1. The van der Waals surface area contributed by atoms with Crippen LogP contribution in [0.25, 0.3) is 0 Å². The van der Waals surface area contributed by atoms with E-state index in [0.717, 1.165) is 6.07 Å². The number of rotatable bonds is 0. The number of aliphatic imine (C=N–C) groups is 1. The van der Waals surface area contributed by atoms with Crippen molar-refractivity contribution in [1.29, 1.82) is 0 Å². The monoisotopic (exact) mass is 245 g/mol. The van der Waals surface area contributed by atoms with Crippen molar-refractivity contribution in [3.05, 3.63) is 29.3 Å². The minimum Gasteiger partial charge on any atom is -0.485 e. The summed E-state index contributed by atoms with van der Waals surface area (Å²) >= 11 is 5.92. The molecule has 0 spiro atoms. The Bertz CT molecular complexity index is 462. The molecule has 0 N–H and O–H groups in total. The smallest absolute Gasteiger partial charge is 0.201 e. The Balaban J connectivity index is 2.61. The second-order valence-electron chi connectivity index (χ2n) is 3.72. The van der Waals surface area contributed by atoms with Gasteiger partial charge in [0.2, 0.25) is 5.82 Å². The maximum atomic E-state index is 13.5. The first-order chi connectivity index (χ1) is 7.50. The molecule has 0 fully saturated rings. The number of hydrogen-bond donors (Lipinski definition) is 0. The molecule has 2 rings (SSSR count). The van der Waals surface area contributed by atoms with Crippen molar-refractivity contribution < 1.29 is 13.5 Å². The van der Waals surface area contributed by atoms with Crippen LogP contribution in [-0.4, -0.2) is 17.3 Å². The highest BCUT2D eigenvalue weighted by molar-refractivity contribution is 6.70. The Morgan fingerprint density at radius 3 is 2.69 bits per heavy atom. The zero-order valence-corrected chi connectivity index (χ0v) is 9.55. The van der Waals surface area contributed by atoms with Gasteiger partial charge in [0, 0.05) is 0 Å². The fourth-order valence-corrected chi connectivity index (χ4v) is 1.75. The molecule has 86 valence electrons. The molecule has 0 amide bonds. The van der Waals surface area contributed by atoms with Crippen LogP contribution in [-0.2, 0) is 0 Å². The molecule has 0 saturated heterocycles. The second kappa shape index (κ2) is 4.01. The van der Waals surface area contributed by atoms with E-state index < -0.39 is 11.6 Å². The van der Waals surface area contributed by atoms with Gasteiger partial charge in [-0.25, -0.2) is 4.39 Å². The van der Waals surface area contributed by atoms with Crippen molar-refractivity contribution in [3.63, 3.8) is 0 Å². The summed E-state index contributed by atoms with van der Waals surface area (Å²) in [5, 5.41) is 0.144. The lowest BCUT2D eigenvalue weighted by Gasteiger charge is -2.16. The molecule has 0 saturated carbocycles. The Hall–Kier alpha value is -1.16. The predicted octanol–water partition coefficient (Wildman–Crippen LogP) is 3.12. The largest absolute Gasteiger partial charge is 0.485 e. The third kappa shape index (κ3) is 1.78. The average Bonchev–Trinajstić information content (AvgIpc) is 2.33. The summed E-state index contributed by atoms with van der Waals surface area (Å²) in [7, 11) is 0. The highest BCUT2D eigenvalue weighted by atomic mass is 35.5. The summed E-state index contributed by atoms with van der Waals surface area (Å²) in [5.74, 6) is -2.14. The number of benzene rings is 1. The first-order valence-corrected chi connectivity index (χ1v) is 5.27. The number of ether oxygens (including phenoxy) is 1. The molecule has 2 atom stereocenters. The average molecular weight is 246 g/mol. The first kappa shape index (κ1) is 11.3. The second-order valence-corrected chi connectivity index (χ2v) is 4.08. The van der Waals surface area contributed by atoms with Crippen LogP contribution in [0.4, 0.5) is 8.78 Å². The summed E-state index contributed by atoms with van der Waals surface area (Å²) in [5.41, 5.74) is 0.289. The van der Waals surface area contributed by atoms with Crippen LogP contribution < -0.4 is 4.74 Å². The molecule has 1 aromatic carbocycles. The molecule has 0 unspecified atom stereocenters. The summed E-state index contributed by atoms with van der Waals surface area (Å²) in [6.07, 6.45) is -0.355. The van der Waals surface area contributed by atoms with Gasteiger partial charge in [0.1, 0.15) is 11.3 Å². The lowest BCUT2D eigenvalue weighted by atomic mass is 10.2. The molecule has 1 heterocycles. The van der Waals surface area contributed by atoms with Crippen LogP contribution in [0.1, 0.15) is 19.4 Å². The highest BCUT2D eigenvalue weighted by Crippen LogP contribution is 2.31. The number of nitrogens with zero attached hydrogens (tertiary/aromatic N) is 1. The molecule has 1 aliphatic rings. The Labute approximate surface area is 96.9 Å². The van der Waals surface area contributed by atoms with E-state index in [1.165, 1.54) is 6.07 Å². The van der Waals surface area contributed by atoms with Crippen LogP contribution >= 0.6 is 11.6 Å². The van der Waals surface area contributed by atoms with Gasteiger partial charge in [0.25, 0.3) is 0 Å². The molecule has 5 heteroatoms. The van der Waals surface area contributed by atoms with Gasteiger partial charge >= 0.3 is 0 Å². The van der Waals surface area contributed by atoms with Crippen molar-refractivity contribution in [1.82, 2.24) is 0 Å². The zero-order valence-electron chi connectivity index (χ0n) is 8.80. The van der Waals surface area contributed by atoms with Gasteiger partial charge in [-0.3, -0.25) is 4.99 Å². The Morgan fingerprint density at radius 1 is 1.31 bits per heavy atom. The van der Waals surface area contributed by atoms with Crippen molar-refractivity contribution >= 4 is 16.8 Å². The van der Waals surface area contributed by atoms with Gasteiger partial charge < -0.3 is 4.74 Å². The minimum absolute atomic E-state index is 0.144. The molecule has 2 nitrogen and oxygen atoms in total. The topological polar surface area (TPSA) is 21.6 Å². The molecule has 16 heavy (non-hydrogen) atoms. The third-order valence-corrected chi connectivity index (χ3v) is 2.87. The number of hydrogen-bond acceptors (Lipinski definition) is 2. The van der Waals surface area contributed by atoms with Gasteiger partial charge in [-0.1, -0.05) is 11.6 Å². The van der Waals surface area contributed by atoms with Crippen LogP contribution in [0.2, 0.25) is 0 Å². The summed E-state index contributed by atoms with van der Waals surface area (Å²) in [6, 6.07) is 2.17. The van der Waals surface area contributed by atoms with Crippen LogP contribution in [0.5, 0.6) is 5.75 Å². The fraction of sp³-hybridized carbons (Fsp3) is 0.364. The van der Waals surface area contributed by atoms with E-state index in [1.807, 2.05) is 0 Å². The normalized spacial score (nSPS) is 24.2. The molecule has 0 aromatic heterocycles. The van der Waals surface area contributed by atoms with Crippen molar-refractivity contribution in [3.8, 4) is 5.75 Å². The van der Waals surface area contributed by atoms with E-state index in [1.54, 1.807) is 13.8 Å². The lowest BCUT2D eigenvalue weighted by Crippen LogP contribution is -2.23. The minimum atomic E-state index is -1.02. The van der Waals surface area contributed by atoms with Crippen LogP contribution in [0.15, 0.2) is 17.1 Å². The van der Waals surface area contributed by atoms with Gasteiger partial charge in [0.15, 0.2) is 11.6 Å². The zero-order chi connectivity index (χ0) is 11.9. The van der Waals surface area contributed by atoms with E-state index in [9.17, 15) is 8.78 Å². The Morgan fingerprint density at radius 2 is 2.00 bits per heavy atom. The predicted molar refractivity (Wildman–Crippen MR) is 58.3 cm³/mol. The number of fused-ring (bicyclic) bond motifs is 1. The van der Waals surface area contributed by atoms with E-state index >= 15 is 0 Å². The third-order valence-electron chi connectivity index (χ3n) is 2.57. The molecule has 1 aliphatic heterocycles. The van der Waals surface area contributed by atoms with Gasteiger partial charge in [0.05, 0.1) is 11.6 Å². The van der Waals surface area contributed by atoms with Gasteiger partial charge in [-0.2, -0.15) is 4.39 Å². The quantitative estimate of drug-likeness (QED) is 0.688. The van der Waals surface area contributed by atoms with Crippen LogP contribution in [0.3, 0.4) is 0 Å². The molecular weight excluding hydrogens is 236 g/mol. The van der Waals surface area contributed by atoms with E-state index in [2.05, 4.69) is 4.99 Å². The first-order valence-electron chi connectivity index (χ1n) is 4.89. The van der Waals surface area contributed by atoms with E-state index in [-0.39, 0.29) is 28.6 Å². The van der Waals surface area contributed by atoms with Crippen molar-refractivity contribution in [2.75, 3.05) is 0 Å². The fourth-order valence-electron chi connectivity index (χ4n) is 1.45. The molecule has 1 aromatic rings. The molecular formula is C11H10ClF2NO. The molecule has 0 aliphatic carbocycles. The summed E-state index contributed by atoms with van der Waals surface area (Å²) in [6.45, 7) is 3.53. The maximum Gasteiger partial charge on any atom is 0.201 e. The number of halogens is 3. The van der Waals surface area contributed by atoms with Gasteiger partial charge in [-0.15, -0.1) is 0 Å². The maximum absolute atomic E-state index is 13.5. The lowest BCUT2D eigenvalue weighted by molar-refractivity contribution is 0.189. The molecule has 0 radical (unpaired) electrons. The van der Waals surface area contributed by atoms with Gasteiger partial charge in [-0.05, 0) is 26.0 Å². The van der Waals surface area contributed by atoms with Crippen molar-refractivity contribution in [2.45, 2.75) is 26.0 Å². The van der Waals surface area contributed by atoms with Crippen LogP contribution in [0, 0.1) is 11.6 Å². The Kier molecular flexibility index (Phi) is 2.84. The highest BCUT2D eigenvalue weighted by Gasteiger charge is 2.25. The molecule has 0 bridgehead atoms. The summed E-state index contributed by atoms with van der Waals surface area (Å²) in [4.78, 5) is 4.14. The van der Waals surface area contributed by atoms with Crippen molar-refractivity contribution in [2.24, 2.45) is 4.99 Å².